The van der Waals surface area contributed by atoms with E-state index in [0.29, 0.717) is 6.04 Å². The third kappa shape index (κ3) is 5.61. The van der Waals surface area contributed by atoms with Gasteiger partial charge in [-0.3, -0.25) is 9.69 Å². The van der Waals surface area contributed by atoms with Crippen LogP contribution in [0.25, 0.3) is 0 Å². The van der Waals surface area contributed by atoms with E-state index in [1.165, 1.54) is 25.7 Å². The number of hydrogen-bond acceptors (Lipinski definition) is 4. The van der Waals surface area contributed by atoms with Crippen LogP contribution in [0.1, 0.15) is 56.9 Å². The molecular formula is C22H34N2O3. The molecule has 0 bridgehead atoms. The van der Waals surface area contributed by atoms with Crippen molar-refractivity contribution in [3.63, 3.8) is 0 Å². The first-order valence-corrected chi connectivity index (χ1v) is 10.4. The highest BCUT2D eigenvalue weighted by atomic mass is 16.5. The molecule has 1 aliphatic carbocycles. The van der Waals surface area contributed by atoms with Crippen LogP contribution in [-0.2, 0) is 11.3 Å². The number of benzene rings is 1. The maximum Gasteiger partial charge on any atom is 0.223 e. The van der Waals surface area contributed by atoms with Gasteiger partial charge in [0.15, 0.2) is 0 Å². The van der Waals surface area contributed by atoms with Gasteiger partial charge in [0.05, 0.1) is 14.2 Å². The van der Waals surface area contributed by atoms with Crippen LogP contribution in [0.15, 0.2) is 18.2 Å². The zero-order chi connectivity index (χ0) is 19.1. The highest BCUT2D eigenvalue weighted by molar-refractivity contribution is 5.79. The fraction of sp³-hybridized carbons (Fsp3) is 0.682. The molecule has 0 atom stereocenters. The molecule has 1 aromatic rings. The van der Waals surface area contributed by atoms with Crippen LogP contribution in [0.4, 0.5) is 0 Å². The summed E-state index contributed by atoms with van der Waals surface area (Å²) in [5.74, 6) is 2.18. The number of nitrogens with zero attached hydrogens (tertiary/aromatic N) is 1. The molecule has 3 rings (SSSR count). The third-order valence-electron chi connectivity index (χ3n) is 6.04. The maximum absolute atomic E-state index is 12.7. The Bertz CT molecular complexity index is 604. The lowest BCUT2D eigenvalue weighted by molar-refractivity contribution is -0.127. The van der Waals surface area contributed by atoms with Gasteiger partial charge in [0.25, 0.3) is 0 Å². The molecule has 150 valence electrons. The van der Waals surface area contributed by atoms with E-state index in [1.807, 2.05) is 18.2 Å². The van der Waals surface area contributed by atoms with Crippen molar-refractivity contribution in [1.82, 2.24) is 10.2 Å². The Morgan fingerprint density at radius 3 is 2.37 bits per heavy atom. The van der Waals surface area contributed by atoms with Crippen LogP contribution < -0.4 is 14.8 Å². The summed E-state index contributed by atoms with van der Waals surface area (Å²) < 4.78 is 10.8. The van der Waals surface area contributed by atoms with Crippen molar-refractivity contribution in [3.05, 3.63) is 23.8 Å². The third-order valence-corrected chi connectivity index (χ3v) is 6.04. The summed E-state index contributed by atoms with van der Waals surface area (Å²) in [5.41, 5.74) is 1.14. The van der Waals surface area contributed by atoms with Gasteiger partial charge in [-0.1, -0.05) is 25.7 Å². The van der Waals surface area contributed by atoms with Gasteiger partial charge in [-0.15, -0.1) is 0 Å². The summed E-state index contributed by atoms with van der Waals surface area (Å²) in [5, 5.41) is 3.33. The lowest BCUT2D eigenvalue weighted by Crippen LogP contribution is -2.43. The maximum atomic E-state index is 12.7. The Hall–Kier alpha value is -1.75. The van der Waals surface area contributed by atoms with Crippen molar-refractivity contribution < 1.29 is 14.3 Å². The van der Waals surface area contributed by atoms with Gasteiger partial charge >= 0.3 is 0 Å². The number of hydrogen-bond donors (Lipinski definition) is 1. The van der Waals surface area contributed by atoms with E-state index in [0.717, 1.165) is 62.4 Å². The average Bonchev–Trinajstić information content (AvgIpc) is 2.97. The van der Waals surface area contributed by atoms with E-state index >= 15 is 0 Å². The second-order valence-corrected chi connectivity index (χ2v) is 7.93. The molecular weight excluding hydrogens is 340 g/mol. The van der Waals surface area contributed by atoms with Crippen molar-refractivity contribution in [2.24, 2.45) is 5.92 Å². The number of likely N-dealkylation sites (tertiary alicyclic amines) is 1. The summed E-state index contributed by atoms with van der Waals surface area (Å²) >= 11 is 0. The zero-order valence-corrected chi connectivity index (χ0v) is 16.8. The van der Waals surface area contributed by atoms with Crippen molar-refractivity contribution in [2.45, 2.75) is 64.0 Å². The number of ether oxygens (including phenoxy) is 2. The molecule has 1 amide bonds. The molecule has 5 heteroatoms. The fourth-order valence-electron chi connectivity index (χ4n) is 4.34. The molecule has 1 aromatic carbocycles. The molecule has 1 heterocycles. The number of carbonyl (C=O) groups is 1. The van der Waals surface area contributed by atoms with Crippen molar-refractivity contribution in [3.8, 4) is 11.5 Å². The molecule has 5 nitrogen and oxygen atoms in total. The Morgan fingerprint density at radius 2 is 1.74 bits per heavy atom. The SMILES string of the molecule is COc1ccc(OC)c(CN2CCC(C(=O)NC3CCCCCC3)CC2)c1. The first-order valence-electron chi connectivity index (χ1n) is 10.4. The van der Waals surface area contributed by atoms with E-state index in [4.69, 9.17) is 9.47 Å². The topological polar surface area (TPSA) is 50.8 Å². The van der Waals surface area contributed by atoms with Crippen LogP contribution in [0.2, 0.25) is 0 Å². The largest absolute Gasteiger partial charge is 0.497 e. The molecule has 0 spiro atoms. The van der Waals surface area contributed by atoms with Gasteiger partial charge in [0.1, 0.15) is 11.5 Å². The number of piperidine rings is 1. The van der Waals surface area contributed by atoms with Crippen LogP contribution in [-0.4, -0.2) is 44.2 Å². The van der Waals surface area contributed by atoms with E-state index in [2.05, 4.69) is 10.2 Å². The highest BCUT2D eigenvalue weighted by Crippen LogP contribution is 2.27. The van der Waals surface area contributed by atoms with E-state index in [-0.39, 0.29) is 11.8 Å². The Balaban J connectivity index is 1.49. The monoisotopic (exact) mass is 374 g/mol. The van der Waals surface area contributed by atoms with Gasteiger partial charge < -0.3 is 14.8 Å². The second kappa shape index (κ2) is 9.98. The summed E-state index contributed by atoms with van der Waals surface area (Å²) in [6, 6.07) is 6.33. The highest BCUT2D eigenvalue weighted by Gasteiger charge is 2.27. The number of amides is 1. The predicted molar refractivity (Wildman–Crippen MR) is 107 cm³/mol. The number of nitrogens with one attached hydrogen (secondary N) is 1. The van der Waals surface area contributed by atoms with E-state index < -0.39 is 0 Å². The summed E-state index contributed by atoms with van der Waals surface area (Å²) in [4.78, 5) is 15.1. The summed E-state index contributed by atoms with van der Waals surface area (Å²) in [7, 11) is 3.39. The van der Waals surface area contributed by atoms with Crippen LogP contribution in [0, 0.1) is 5.92 Å². The minimum Gasteiger partial charge on any atom is -0.497 e. The number of carbonyl (C=O) groups excluding carboxylic acids is 1. The van der Waals surface area contributed by atoms with Crippen molar-refractivity contribution in [1.29, 1.82) is 0 Å². The standard InChI is InChI=1S/C22H34N2O3/c1-26-20-9-10-21(27-2)18(15-20)16-24-13-11-17(12-14-24)22(25)23-19-7-5-3-4-6-8-19/h9-10,15,17,19H,3-8,11-14,16H2,1-2H3,(H,23,25). The Labute approximate surface area is 163 Å². The van der Waals surface area contributed by atoms with Crippen LogP contribution >= 0.6 is 0 Å². The van der Waals surface area contributed by atoms with Gasteiger partial charge in [-0.25, -0.2) is 0 Å². The lowest BCUT2D eigenvalue weighted by Gasteiger charge is -2.32. The molecule has 0 aromatic heterocycles. The van der Waals surface area contributed by atoms with E-state index in [1.54, 1.807) is 14.2 Å². The number of methoxy groups -OCH3 is 2. The molecule has 27 heavy (non-hydrogen) atoms. The minimum absolute atomic E-state index is 0.164. The molecule has 2 aliphatic rings. The van der Waals surface area contributed by atoms with Crippen molar-refractivity contribution in [2.75, 3.05) is 27.3 Å². The Kier molecular flexibility index (Phi) is 7.39. The predicted octanol–water partition coefficient (Wildman–Crippen LogP) is 3.75. The van der Waals surface area contributed by atoms with Gasteiger partial charge in [0.2, 0.25) is 5.91 Å². The molecule has 1 saturated carbocycles. The molecule has 0 radical (unpaired) electrons. The van der Waals surface area contributed by atoms with Gasteiger partial charge in [-0.2, -0.15) is 0 Å². The van der Waals surface area contributed by atoms with Gasteiger partial charge in [0, 0.05) is 24.1 Å². The first kappa shape index (κ1) is 20.0. The second-order valence-electron chi connectivity index (χ2n) is 7.93. The quantitative estimate of drug-likeness (QED) is 0.771. The van der Waals surface area contributed by atoms with Crippen LogP contribution in [0.3, 0.4) is 0 Å². The summed E-state index contributed by atoms with van der Waals surface area (Å²) in [6.45, 7) is 2.73. The molecule has 0 unspecified atom stereocenters. The van der Waals surface area contributed by atoms with E-state index in [9.17, 15) is 4.79 Å². The lowest BCUT2D eigenvalue weighted by atomic mass is 9.94. The molecule has 1 aliphatic heterocycles. The molecule has 1 saturated heterocycles. The fourth-order valence-corrected chi connectivity index (χ4v) is 4.34. The number of rotatable bonds is 6. The molecule has 1 N–H and O–H groups in total. The molecule has 2 fully saturated rings. The van der Waals surface area contributed by atoms with Crippen molar-refractivity contribution >= 4 is 5.91 Å². The Morgan fingerprint density at radius 1 is 1.04 bits per heavy atom. The van der Waals surface area contributed by atoms with Crippen LogP contribution in [0.5, 0.6) is 11.5 Å². The average molecular weight is 375 g/mol. The zero-order valence-electron chi connectivity index (χ0n) is 16.8. The first-order chi connectivity index (χ1) is 13.2. The minimum atomic E-state index is 0.164. The summed E-state index contributed by atoms with van der Waals surface area (Å²) in [6.07, 6.45) is 9.32. The smallest absolute Gasteiger partial charge is 0.223 e. The van der Waals surface area contributed by atoms with Gasteiger partial charge in [-0.05, 0) is 57.0 Å². The normalized spacial score (nSPS) is 20.1.